The van der Waals surface area contributed by atoms with Crippen LogP contribution in [0.25, 0.3) is 22.2 Å². The average molecular weight is 441 g/mol. The van der Waals surface area contributed by atoms with Crippen molar-refractivity contribution in [2.75, 3.05) is 32.5 Å². The SMILES string of the molecule is CCN(CC)CCn1nc2c3c(c(N)ccc31)Sc1cc(OC)ccc1-2.Cl.Cl. The van der Waals surface area contributed by atoms with E-state index in [1.54, 1.807) is 18.9 Å². The van der Waals surface area contributed by atoms with Crippen molar-refractivity contribution in [3.05, 3.63) is 30.3 Å². The number of halogens is 2. The lowest BCUT2D eigenvalue weighted by Crippen LogP contribution is -2.27. The van der Waals surface area contributed by atoms with Gasteiger partial charge in [-0.15, -0.1) is 24.8 Å². The van der Waals surface area contributed by atoms with Gasteiger partial charge in [-0.05, 0) is 43.4 Å². The van der Waals surface area contributed by atoms with Gasteiger partial charge in [0.25, 0.3) is 0 Å². The fourth-order valence-corrected chi connectivity index (χ4v) is 4.68. The average Bonchev–Trinajstić information content (AvgIpc) is 3.04. The molecule has 0 bridgehead atoms. The van der Waals surface area contributed by atoms with Gasteiger partial charge >= 0.3 is 0 Å². The number of methoxy groups -OCH3 is 1. The van der Waals surface area contributed by atoms with E-state index in [4.69, 9.17) is 15.6 Å². The third kappa shape index (κ3) is 3.79. The predicted molar refractivity (Wildman–Crippen MR) is 123 cm³/mol. The van der Waals surface area contributed by atoms with Crippen molar-refractivity contribution in [2.24, 2.45) is 0 Å². The molecule has 0 amide bonds. The van der Waals surface area contributed by atoms with Crippen LogP contribution in [0.1, 0.15) is 13.8 Å². The summed E-state index contributed by atoms with van der Waals surface area (Å²) in [6.45, 7) is 8.37. The van der Waals surface area contributed by atoms with Crippen molar-refractivity contribution in [1.29, 1.82) is 0 Å². The van der Waals surface area contributed by atoms with Crippen molar-refractivity contribution in [1.82, 2.24) is 14.7 Å². The molecule has 0 atom stereocenters. The van der Waals surface area contributed by atoms with Crippen LogP contribution in [0.5, 0.6) is 5.75 Å². The van der Waals surface area contributed by atoms with Gasteiger partial charge < -0.3 is 15.4 Å². The summed E-state index contributed by atoms with van der Waals surface area (Å²) in [5, 5.41) is 6.15. The number of ether oxygens (including phenoxy) is 1. The second-order valence-electron chi connectivity index (χ2n) is 6.44. The number of anilines is 1. The smallest absolute Gasteiger partial charge is 0.120 e. The van der Waals surface area contributed by atoms with Crippen LogP contribution in [0.15, 0.2) is 40.1 Å². The minimum atomic E-state index is 0. The van der Waals surface area contributed by atoms with Gasteiger partial charge in [0.15, 0.2) is 0 Å². The van der Waals surface area contributed by atoms with Crippen molar-refractivity contribution >= 4 is 53.2 Å². The van der Waals surface area contributed by atoms with Crippen LogP contribution < -0.4 is 10.5 Å². The van der Waals surface area contributed by atoms with E-state index in [1.165, 1.54) is 5.39 Å². The molecule has 0 radical (unpaired) electrons. The molecule has 2 aromatic carbocycles. The molecule has 1 aliphatic heterocycles. The van der Waals surface area contributed by atoms with Gasteiger partial charge in [-0.1, -0.05) is 25.6 Å². The lowest BCUT2D eigenvalue weighted by molar-refractivity contribution is 0.287. The summed E-state index contributed by atoms with van der Waals surface area (Å²) in [6, 6.07) is 10.3. The maximum atomic E-state index is 6.30. The molecule has 8 heteroatoms. The second-order valence-corrected chi connectivity index (χ2v) is 7.49. The Hall–Kier alpha value is -1.60. The van der Waals surface area contributed by atoms with E-state index in [-0.39, 0.29) is 24.8 Å². The third-order valence-corrected chi connectivity index (χ3v) is 6.28. The number of fused-ring (bicyclic) bond motifs is 2. The van der Waals surface area contributed by atoms with Crippen LogP contribution in [0, 0.1) is 0 Å². The minimum absolute atomic E-state index is 0. The summed E-state index contributed by atoms with van der Waals surface area (Å²) >= 11 is 1.71. The first kappa shape index (κ1) is 22.7. The number of rotatable bonds is 6. The Labute approximate surface area is 182 Å². The fourth-order valence-electron chi connectivity index (χ4n) is 3.52. The highest BCUT2D eigenvalue weighted by molar-refractivity contribution is 8.00. The summed E-state index contributed by atoms with van der Waals surface area (Å²) in [5.41, 5.74) is 10.4. The maximum absolute atomic E-state index is 6.30. The Morgan fingerprint density at radius 2 is 1.89 bits per heavy atom. The molecule has 2 heterocycles. The summed E-state index contributed by atoms with van der Waals surface area (Å²) in [6.07, 6.45) is 0. The monoisotopic (exact) mass is 440 g/mol. The normalized spacial score (nSPS) is 11.7. The van der Waals surface area contributed by atoms with Crippen LogP contribution in [-0.4, -0.2) is 41.4 Å². The quantitative estimate of drug-likeness (QED) is 0.430. The molecule has 0 spiro atoms. The van der Waals surface area contributed by atoms with Gasteiger partial charge in [0.2, 0.25) is 0 Å². The predicted octanol–water partition coefficient (Wildman–Crippen LogP) is 4.94. The Kier molecular flexibility index (Phi) is 7.51. The van der Waals surface area contributed by atoms with Crippen molar-refractivity contribution in [3.8, 4) is 17.0 Å². The Morgan fingerprint density at radius 1 is 1.14 bits per heavy atom. The summed E-state index contributed by atoms with van der Waals surface area (Å²) in [5.74, 6) is 0.853. The van der Waals surface area contributed by atoms with Gasteiger partial charge in [-0.3, -0.25) is 4.68 Å². The van der Waals surface area contributed by atoms with E-state index in [2.05, 4.69) is 41.6 Å². The number of hydrogen-bond acceptors (Lipinski definition) is 5. The zero-order valence-electron chi connectivity index (χ0n) is 16.3. The minimum Gasteiger partial charge on any atom is -0.497 e. The first-order chi connectivity index (χ1) is 12.7. The van der Waals surface area contributed by atoms with E-state index in [0.29, 0.717) is 0 Å². The highest BCUT2D eigenvalue weighted by Gasteiger charge is 2.25. The molecule has 152 valence electrons. The molecular formula is C20H26Cl2N4OS. The largest absolute Gasteiger partial charge is 0.497 e. The standard InChI is InChI=1S/C20H24N4OS.2ClH/c1-4-23(5-2)10-11-24-16-9-8-15(21)20-18(16)19(22-24)14-7-6-13(25-3)12-17(14)26-20;;/h6-9,12H,4-5,10-11,21H2,1-3H3;2*1H. The molecule has 28 heavy (non-hydrogen) atoms. The number of hydrogen-bond donors (Lipinski definition) is 1. The first-order valence-corrected chi connectivity index (χ1v) is 9.85. The number of likely N-dealkylation sites (N-methyl/N-ethyl adjacent to an activating group) is 1. The molecule has 0 saturated heterocycles. The van der Waals surface area contributed by atoms with E-state index < -0.39 is 0 Å². The van der Waals surface area contributed by atoms with Gasteiger partial charge in [-0.2, -0.15) is 5.10 Å². The van der Waals surface area contributed by atoms with E-state index in [9.17, 15) is 0 Å². The summed E-state index contributed by atoms with van der Waals surface area (Å²) in [4.78, 5) is 4.66. The molecule has 1 aliphatic rings. The molecule has 0 unspecified atom stereocenters. The van der Waals surface area contributed by atoms with Gasteiger partial charge in [0, 0.05) is 33.0 Å². The Balaban J connectivity index is 0.00000140. The molecule has 4 rings (SSSR count). The maximum Gasteiger partial charge on any atom is 0.120 e. The number of aromatic nitrogens is 2. The van der Waals surface area contributed by atoms with Crippen molar-refractivity contribution in [3.63, 3.8) is 0 Å². The zero-order chi connectivity index (χ0) is 18.3. The molecule has 1 aromatic heterocycles. The molecule has 5 nitrogen and oxygen atoms in total. The summed E-state index contributed by atoms with van der Waals surface area (Å²) in [7, 11) is 1.69. The molecule has 2 N–H and O–H groups in total. The number of nitrogens with two attached hydrogens (primary N) is 1. The van der Waals surface area contributed by atoms with E-state index in [0.717, 1.165) is 64.2 Å². The van der Waals surface area contributed by atoms with Gasteiger partial charge in [0.1, 0.15) is 11.4 Å². The Bertz CT molecular complexity index is 972. The second kappa shape index (κ2) is 9.27. The molecule has 0 saturated carbocycles. The lowest BCUT2D eigenvalue weighted by atomic mass is 10.1. The number of nitrogens with zero attached hydrogens (tertiary/aromatic N) is 3. The van der Waals surface area contributed by atoms with Crippen LogP contribution in [0.3, 0.4) is 0 Å². The zero-order valence-corrected chi connectivity index (χ0v) is 18.7. The van der Waals surface area contributed by atoms with Crippen LogP contribution in [-0.2, 0) is 6.54 Å². The molecule has 0 aliphatic carbocycles. The van der Waals surface area contributed by atoms with Crippen LogP contribution in [0.2, 0.25) is 0 Å². The highest BCUT2D eigenvalue weighted by Crippen LogP contribution is 2.50. The van der Waals surface area contributed by atoms with E-state index in [1.807, 2.05) is 12.1 Å². The van der Waals surface area contributed by atoms with E-state index >= 15 is 0 Å². The fraction of sp³-hybridized carbons (Fsp3) is 0.350. The highest BCUT2D eigenvalue weighted by atomic mass is 35.5. The molecule has 0 fully saturated rings. The molecular weight excluding hydrogens is 415 g/mol. The van der Waals surface area contributed by atoms with Crippen molar-refractivity contribution < 1.29 is 4.74 Å². The van der Waals surface area contributed by atoms with Crippen LogP contribution >= 0.6 is 36.6 Å². The summed E-state index contributed by atoms with van der Waals surface area (Å²) < 4.78 is 7.52. The van der Waals surface area contributed by atoms with Gasteiger partial charge in [0.05, 0.1) is 19.2 Å². The third-order valence-electron chi connectivity index (χ3n) is 5.08. The number of nitrogen functional groups attached to an aromatic ring is 1. The van der Waals surface area contributed by atoms with Gasteiger partial charge in [-0.25, -0.2) is 0 Å². The van der Waals surface area contributed by atoms with Crippen LogP contribution in [0.4, 0.5) is 5.69 Å². The van der Waals surface area contributed by atoms with Crippen molar-refractivity contribution in [2.45, 2.75) is 30.2 Å². The lowest BCUT2D eigenvalue weighted by Gasteiger charge is -2.18. The Morgan fingerprint density at radius 3 is 2.57 bits per heavy atom. The molecule has 3 aromatic rings. The number of benzene rings is 2. The topological polar surface area (TPSA) is 56.3 Å². The first-order valence-electron chi connectivity index (χ1n) is 9.03.